The van der Waals surface area contributed by atoms with E-state index in [0.29, 0.717) is 11.4 Å². The van der Waals surface area contributed by atoms with Crippen molar-refractivity contribution in [2.45, 2.75) is 20.8 Å². The Morgan fingerprint density at radius 1 is 1.09 bits per heavy atom. The van der Waals surface area contributed by atoms with Crippen LogP contribution in [-0.2, 0) is 11.8 Å². The molecule has 1 aliphatic rings. The summed E-state index contributed by atoms with van der Waals surface area (Å²) in [6, 6.07) is 16.4. The number of carbonyl (C=O) groups excluding carboxylic acids is 1. The zero-order valence-electron chi connectivity index (χ0n) is 19.3. The number of hydrogen-bond donors (Lipinski definition) is 0. The van der Waals surface area contributed by atoms with Crippen LogP contribution in [0.4, 0.5) is 5.69 Å². The van der Waals surface area contributed by atoms with Crippen LogP contribution < -0.4 is 10.3 Å². The highest BCUT2D eigenvalue weighted by molar-refractivity contribution is 6.55. The van der Waals surface area contributed by atoms with Crippen molar-refractivity contribution < 1.29 is 9.53 Å². The molecule has 6 nitrogen and oxygen atoms in total. The summed E-state index contributed by atoms with van der Waals surface area (Å²) in [5, 5.41) is 0. The summed E-state index contributed by atoms with van der Waals surface area (Å²) in [5.74, 6) is -0.227. The van der Waals surface area contributed by atoms with Crippen LogP contribution in [0.25, 0.3) is 5.69 Å². The number of carbonyl (C=O) groups is 1. The minimum Gasteiger partial charge on any atom is -0.426 e. The van der Waals surface area contributed by atoms with Crippen molar-refractivity contribution in [1.29, 1.82) is 0 Å². The zero-order chi connectivity index (χ0) is 24.6. The predicted molar refractivity (Wildman–Crippen MR) is 136 cm³/mol. The number of allylic oxidation sites excluding steroid dienone is 1. The molecule has 0 N–H and O–H groups in total. The molecule has 0 spiro atoms. The molecule has 3 aromatic rings. The Morgan fingerprint density at radius 3 is 2.35 bits per heavy atom. The Hall–Kier alpha value is -3.09. The summed E-state index contributed by atoms with van der Waals surface area (Å²) >= 11 is 11.5. The lowest BCUT2D eigenvalue weighted by atomic mass is 10.1. The lowest BCUT2D eigenvalue weighted by Gasteiger charge is -2.07. The van der Waals surface area contributed by atoms with Crippen LogP contribution in [0.5, 0.6) is 5.75 Å². The number of benzene rings is 2. The van der Waals surface area contributed by atoms with Gasteiger partial charge in [-0.25, -0.2) is 9.67 Å². The van der Waals surface area contributed by atoms with E-state index in [1.54, 1.807) is 45.9 Å². The molecule has 34 heavy (non-hydrogen) atoms. The molecule has 176 valence electrons. The highest BCUT2D eigenvalue weighted by Crippen LogP contribution is 2.60. The number of aromatic nitrogens is 2. The summed E-state index contributed by atoms with van der Waals surface area (Å²) in [4.78, 5) is 30.0. The lowest BCUT2D eigenvalue weighted by molar-refractivity contribution is -0.136. The van der Waals surface area contributed by atoms with Gasteiger partial charge in [-0.15, -0.1) is 0 Å². The van der Waals surface area contributed by atoms with E-state index in [9.17, 15) is 9.59 Å². The van der Waals surface area contributed by atoms with Crippen LogP contribution in [0.2, 0.25) is 0 Å². The maximum Gasteiger partial charge on any atom is 0.315 e. The van der Waals surface area contributed by atoms with Gasteiger partial charge in [0.1, 0.15) is 10.2 Å². The number of para-hydroxylation sites is 1. The first-order chi connectivity index (χ1) is 16.1. The van der Waals surface area contributed by atoms with Crippen molar-refractivity contribution in [3.8, 4) is 11.4 Å². The standard InChI is InChI=1S/C26H25Cl2N3O3/c1-16-23(24(32)31(30(16)4)18-8-6-5-7-9-18)29-15-17-10-12-19(13-11-17)34-25(33)22-20(14-21(27)28)26(22,2)3/h5-15,20,22H,1-4H3/t20-,22-/m0/s1. The number of ether oxygens (including phenoxy) is 1. The number of hydrogen-bond acceptors (Lipinski definition) is 4. The van der Waals surface area contributed by atoms with Crippen LogP contribution in [0.3, 0.4) is 0 Å². The van der Waals surface area contributed by atoms with Crippen molar-refractivity contribution in [3.63, 3.8) is 0 Å². The number of rotatable bonds is 6. The fourth-order valence-electron chi connectivity index (χ4n) is 4.22. The average Bonchev–Trinajstić information content (AvgIpc) is 3.25. The normalized spacial score (nSPS) is 18.6. The third-order valence-corrected chi connectivity index (χ3v) is 6.69. The van der Waals surface area contributed by atoms with Crippen molar-refractivity contribution in [1.82, 2.24) is 9.36 Å². The lowest BCUT2D eigenvalue weighted by Crippen LogP contribution is -2.19. The van der Waals surface area contributed by atoms with Crippen LogP contribution in [0.15, 0.2) is 75.0 Å². The van der Waals surface area contributed by atoms with E-state index in [-0.39, 0.29) is 33.3 Å². The molecule has 0 amide bonds. The zero-order valence-corrected chi connectivity index (χ0v) is 20.8. The van der Waals surface area contributed by atoms with Gasteiger partial charge in [0.15, 0.2) is 5.69 Å². The van der Waals surface area contributed by atoms with E-state index in [4.69, 9.17) is 27.9 Å². The SMILES string of the molecule is Cc1c(N=Cc2ccc(OC(=O)[C@@H]3[C@H](C=C(Cl)Cl)C3(C)C)cc2)c(=O)n(-c2ccccc2)n1C. The third kappa shape index (κ3) is 4.61. The molecule has 2 atom stereocenters. The van der Waals surface area contributed by atoms with Gasteiger partial charge in [0.05, 0.1) is 17.3 Å². The summed E-state index contributed by atoms with van der Waals surface area (Å²) in [7, 11) is 1.83. The first kappa shape index (κ1) is 24.0. The van der Waals surface area contributed by atoms with Crippen LogP contribution in [-0.4, -0.2) is 21.5 Å². The molecule has 2 aromatic carbocycles. The molecule has 0 bridgehead atoms. The van der Waals surface area contributed by atoms with Crippen LogP contribution in [0.1, 0.15) is 25.1 Å². The predicted octanol–water partition coefficient (Wildman–Crippen LogP) is 5.73. The van der Waals surface area contributed by atoms with Gasteiger partial charge in [0.25, 0.3) is 5.56 Å². The Bertz CT molecular complexity index is 1330. The summed E-state index contributed by atoms with van der Waals surface area (Å²) in [6.45, 7) is 5.82. The van der Waals surface area contributed by atoms with Gasteiger partial charge in [-0.05, 0) is 66.3 Å². The van der Waals surface area contributed by atoms with Crippen LogP contribution >= 0.6 is 23.2 Å². The number of esters is 1. The van der Waals surface area contributed by atoms with Gasteiger partial charge in [-0.2, -0.15) is 0 Å². The molecule has 0 radical (unpaired) electrons. The van der Waals surface area contributed by atoms with E-state index in [2.05, 4.69) is 4.99 Å². The van der Waals surface area contributed by atoms with E-state index >= 15 is 0 Å². The van der Waals surface area contributed by atoms with Gasteiger partial charge in [-0.1, -0.05) is 55.2 Å². The molecule has 0 aliphatic heterocycles. The molecule has 1 fully saturated rings. The summed E-state index contributed by atoms with van der Waals surface area (Å²) < 4.78 is 9.08. The highest BCUT2D eigenvalue weighted by Gasteiger charge is 2.61. The first-order valence-electron chi connectivity index (χ1n) is 10.8. The van der Waals surface area contributed by atoms with Gasteiger partial charge in [0, 0.05) is 13.3 Å². The summed E-state index contributed by atoms with van der Waals surface area (Å²) in [6.07, 6.45) is 3.31. The van der Waals surface area contributed by atoms with E-state index in [1.165, 1.54) is 0 Å². The smallest absolute Gasteiger partial charge is 0.315 e. The maximum absolute atomic E-state index is 13.0. The van der Waals surface area contributed by atoms with Crippen molar-refractivity contribution in [2.24, 2.45) is 29.3 Å². The Balaban J connectivity index is 1.48. The topological polar surface area (TPSA) is 65.6 Å². The summed E-state index contributed by atoms with van der Waals surface area (Å²) in [5.41, 5.74) is 2.23. The first-order valence-corrected chi connectivity index (χ1v) is 11.6. The molecule has 8 heteroatoms. The molecule has 1 saturated carbocycles. The Labute approximate surface area is 208 Å². The van der Waals surface area contributed by atoms with E-state index in [0.717, 1.165) is 16.9 Å². The minimum atomic E-state index is -0.316. The average molecular weight is 498 g/mol. The third-order valence-electron chi connectivity index (χ3n) is 6.44. The fourth-order valence-corrected chi connectivity index (χ4v) is 4.49. The number of nitrogens with zero attached hydrogens (tertiary/aromatic N) is 3. The second-order valence-corrected chi connectivity index (χ2v) is 9.95. The quantitative estimate of drug-likeness (QED) is 0.248. The molecular formula is C26H25Cl2N3O3. The molecular weight excluding hydrogens is 473 g/mol. The number of halogens is 2. The Kier molecular flexibility index (Phi) is 6.56. The monoisotopic (exact) mass is 497 g/mol. The molecule has 0 saturated heterocycles. The fraction of sp³-hybridized carbons (Fsp3) is 0.269. The van der Waals surface area contributed by atoms with Gasteiger partial charge in [-0.3, -0.25) is 14.3 Å². The van der Waals surface area contributed by atoms with Crippen molar-refractivity contribution in [3.05, 3.63) is 86.8 Å². The molecule has 1 aromatic heterocycles. The molecule has 4 rings (SSSR count). The van der Waals surface area contributed by atoms with Gasteiger partial charge >= 0.3 is 5.97 Å². The minimum absolute atomic E-state index is 0.0505. The largest absolute Gasteiger partial charge is 0.426 e. The number of aliphatic imine (C=N–C) groups is 1. The van der Waals surface area contributed by atoms with Crippen molar-refractivity contribution in [2.75, 3.05) is 0 Å². The van der Waals surface area contributed by atoms with Gasteiger partial charge < -0.3 is 4.74 Å². The molecule has 0 unspecified atom stereocenters. The Morgan fingerprint density at radius 2 is 1.74 bits per heavy atom. The van der Waals surface area contributed by atoms with Crippen molar-refractivity contribution >= 4 is 41.1 Å². The molecule has 1 aliphatic carbocycles. The van der Waals surface area contributed by atoms with Crippen LogP contribution in [0, 0.1) is 24.2 Å². The molecule has 1 heterocycles. The van der Waals surface area contributed by atoms with Gasteiger partial charge in [0.2, 0.25) is 0 Å². The second-order valence-electron chi connectivity index (χ2n) is 8.94. The van der Waals surface area contributed by atoms with E-state index in [1.807, 2.05) is 58.2 Å². The maximum atomic E-state index is 13.0. The van der Waals surface area contributed by atoms with E-state index < -0.39 is 0 Å². The second kappa shape index (κ2) is 9.28. The highest BCUT2D eigenvalue weighted by atomic mass is 35.5.